The lowest BCUT2D eigenvalue weighted by atomic mass is 10.1. The van der Waals surface area contributed by atoms with Gasteiger partial charge in [-0.15, -0.1) is 0 Å². The van der Waals surface area contributed by atoms with Crippen molar-refractivity contribution in [3.8, 4) is 11.5 Å². The van der Waals surface area contributed by atoms with E-state index in [1.54, 1.807) is 31.2 Å². The van der Waals surface area contributed by atoms with Gasteiger partial charge in [0.1, 0.15) is 6.61 Å². The Labute approximate surface area is 151 Å². The van der Waals surface area contributed by atoms with Crippen LogP contribution in [0.3, 0.4) is 0 Å². The number of methoxy groups -OCH3 is 3. The number of rotatable bonds is 7. The van der Waals surface area contributed by atoms with Crippen molar-refractivity contribution in [2.75, 3.05) is 27.9 Å². The van der Waals surface area contributed by atoms with Crippen molar-refractivity contribution in [1.82, 2.24) is 0 Å². The van der Waals surface area contributed by atoms with Gasteiger partial charge in [0.25, 0.3) is 0 Å². The molecule has 8 heteroatoms. The van der Waals surface area contributed by atoms with Crippen LogP contribution in [0.5, 0.6) is 11.5 Å². The molecule has 0 amide bonds. The molecule has 0 aliphatic heterocycles. The number of hydrogen-bond acceptors (Lipinski definition) is 8. The molecule has 0 spiro atoms. The van der Waals surface area contributed by atoms with Crippen molar-refractivity contribution in [3.05, 3.63) is 41.5 Å². The molecule has 0 atom stereocenters. The fourth-order valence-corrected chi connectivity index (χ4v) is 1.76. The molecule has 0 saturated carbocycles. The summed E-state index contributed by atoms with van der Waals surface area (Å²) < 4.78 is 20.1. The molecule has 0 N–H and O–H groups in total. The van der Waals surface area contributed by atoms with E-state index in [0.29, 0.717) is 22.6 Å². The van der Waals surface area contributed by atoms with Crippen LogP contribution in [0.15, 0.2) is 35.9 Å². The first-order chi connectivity index (χ1) is 12.4. The van der Waals surface area contributed by atoms with Crippen LogP contribution in [-0.2, 0) is 28.7 Å². The summed E-state index contributed by atoms with van der Waals surface area (Å²) in [6.07, 6.45) is 4.69. The highest BCUT2D eigenvalue weighted by molar-refractivity contribution is 5.93. The molecule has 1 rings (SSSR count). The minimum atomic E-state index is -0.463. The van der Waals surface area contributed by atoms with E-state index in [0.717, 1.165) is 0 Å². The summed E-state index contributed by atoms with van der Waals surface area (Å²) in [5, 5.41) is 0. The summed E-state index contributed by atoms with van der Waals surface area (Å²) in [4.78, 5) is 38.8. The monoisotopic (exact) mass is 364 g/mol. The molecule has 8 nitrogen and oxygen atoms in total. The lowest BCUT2D eigenvalue weighted by molar-refractivity contribution is -0.191. The van der Waals surface area contributed by atoms with Gasteiger partial charge in [0, 0.05) is 17.2 Å². The topological polar surface area (TPSA) is 105 Å². The average Bonchev–Trinajstić information content (AvgIpc) is 2.65. The molecule has 1 aromatic carbocycles. The number of carbonyl (C=O) groups is 2. The third-order valence-electron chi connectivity index (χ3n) is 2.89. The van der Waals surface area contributed by atoms with Crippen LogP contribution >= 0.6 is 0 Å². The van der Waals surface area contributed by atoms with E-state index in [2.05, 4.69) is 9.47 Å². The van der Waals surface area contributed by atoms with Crippen molar-refractivity contribution in [1.29, 1.82) is 0 Å². The maximum absolute atomic E-state index is 11.5. The third kappa shape index (κ3) is 7.94. The first-order valence-corrected chi connectivity index (χ1v) is 7.25. The number of hydrogen-bond donors (Lipinski definition) is 0. The molecule has 0 bridgehead atoms. The Bertz CT molecular complexity index is 697. The SMILES string of the molecule is COC(=O)/C=C/COc1c(/C=C(\C)C(=O)OC)cccc1OC.O=C=O. The molecule has 0 heterocycles. The number of para-hydroxylation sites is 1. The first-order valence-electron chi connectivity index (χ1n) is 7.25. The van der Waals surface area contributed by atoms with Crippen LogP contribution in [0.25, 0.3) is 6.08 Å². The fraction of sp³-hybridized carbons (Fsp3) is 0.278. The largest absolute Gasteiger partial charge is 0.493 e. The maximum atomic E-state index is 11.5. The molecule has 0 saturated heterocycles. The Balaban J connectivity index is 0.00000194. The van der Waals surface area contributed by atoms with Crippen LogP contribution in [-0.4, -0.2) is 46.0 Å². The maximum Gasteiger partial charge on any atom is 0.373 e. The third-order valence-corrected chi connectivity index (χ3v) is 2.89. The smallest absolute Gasteiger partial charge is 0.373 e. The molecular weight excluding hydrogens is 344 g/mol. The van der Waals surface area contributed by atoms with Crippen LogP contribution in [0.2, 0.25) is 0 Å². The lowest BCUT2D eigenvalue weighted by Crippen LogP contribution is -2.03. The van der Waals surface area contributed by atoms with Gasteiger partial charge in [-0.3, -0.25) is 0 Å². The molecule has 1 aromatic rings. The minimum Gasteiger partial charge on any atom is -0.493 e. The van der Waals surface area contributed by atoms with Crippen LogP contribution < -0.4 is 9.47 Å². The molecule has 0 aliphatic carbocycles. The fourth-order valence-electron chi connectivity index (χ4n) is 1.76. The quantitative estimate of drug-likeness (QED) is 0.533. The summed E-state index contributed by atoms with van der Waals surface area (Å²) in [6, 6.07) is 5.31. The van der Waals surface area contributed by atoms with Gasteiger partial charge in [-0.2, -0.15) is 9.59 Å². The average molecular weight is 364 g/mol. The van der Waals surface area contributed by atoms with Crippen molar-refractivity contribution >= 4 is 24.2 Å². The standard InChI is InChI=1S/C17H20O6.CO2/c1-12(17(19)22-4)11-13-7-5-8-14(20-2)16(13)23-10-6-9-15(18)21-3;2-1-3/h5-9,11H,10H2,1-4H3;/b9-6+,12-11+;. The Morgan fingerprint density at radius 3 is 2.31 bits per heavy atom. The van der Waals surface area contributed by atoms with Gasteiger partial charge in [-0.25, -0.2) is 9.59 Å². The van der Waals surface area contributed by atoms with E-state index in [1.165, 1.54) is 33.5 Å². The van der Waals surface area contributed by atoms with Crippen molar-refractivity contribution in [3.63, 3.8) is 0 Å². The zero-order chi connectivity index (χ0) is 19.9. The van der Waals surface area contributed by atoms with E-state index < -0.39 is 11.9 Å². The summed E-state index contributed by atoms with van der Waals surface area (Å²) in [7, 11) is 4.14. The Hall–Kier alpha value is -3.38. The predicted octanol–water partition coefficient (Wildman–Crippen LogP) is 1.80. The zero-order valence-electron chi connectivity index (χ0n) is 14.9. The summed E-state index contributed by atoms with van der Waals surface area (Å²) >= 11 is 0. The second-order valence-corrected chi connectivity index (χ2v) is 4.52. The molecule has 0 aliphatic rings. The molecule has 26 heavy (non-hydrogen) atoms. The van der Waals surface area contributed by atoms with Crippen LogP contribution in [0.4, 0.5) is 0 Å². The molecule has 0 fully saturated rings. The van der Waals surface area contributed by atoms with Gasteiger partial charge in [0.2, 0.25) is 0 Å². The van der Waals surface area contributed by atoms with Gasteiger partial charge in [-0.1, -0.05) is 12.1 Å². The van der Waals surface area contributed by atoms with Gasteiger partial charge >= 0.3 is 18.1 Å². The van der Waals surface area contributed by atoms with Crippen molar-refractivity contribution in [2.24, 2.45) is 0 Å². The number of carbonyl (C=O) groups excluding carboxylic acids is 4. The minimum absolute atomic E-state index is 0.146. The van der Waals surface area contributed by atoms with E-state index in [1.807, 2.05) is 0 Å². The second kappa shape index (κ2) is 13.0. The molecule has 0 unspecified atom stereocenters. The van der Waals surface area contributed by atoms with Crippen molar-refractivity contribution in [2.45, 2.75) is 6.92 Å². The highest BCUT2D eigenvalue weighted by Gasteiger charge is 2.11. The van der Waals surface area contributed by atoms with Gasteiger partial charge in [0.05, 0.1) is 21.3 Å². The Morgan fingerprint density at radius 1 is 1.12 bits per heavy atom. The van der Waals surface area contributed by atoms with E-state index in [9.17, 15) is 9.59 Å². The summed E-state index contributed by atoms with van der Waals surface area (Å²) in [5.74, 6) is 0.0929. The highest BCUT2D eigenvalue weighted by atomic mass is 16.5. The summed E-state index contributed by atoms with van der Waals surface area (Å²) in [5.41, 5.74) is 1.09. The molecular formula is C18H20O8. The van der Waals surface area contributed by atoms with Crippen LogP contribution in [0.1, 0.15) is 12.5 Å². The van der Waals surface area contributed by atoms with Gasteiger partial charge in [-0.05, 0) is 25.1 Å². The number of esters is 2. The number of benzene rings is 1. The van der Waals surface area contributed by atoms with E-state index in [-0.39, 0.29) is 12.8 Å². The van der Waals surface area contributed by atoms with Crippen LogP contribution in [0, 0.1) is 0 Å². The van der Waals surface area contributed by atoms with Crippen molar-refractivity contribution < 1.29 is 38.1 Å². The van der Waals surface area contributed by atoms with E-state index in [4.69, 9.17) is 19.1 Å². The molecule has 0 radical (unpaired) electrons. The predicted molar refractivity (Wildman–Crippen MR) is 90.3 cm³/mol. The molecule has 140 valence electrons. The summed E-state index contributed by atoms with van der Waals surface area (Å²) in [6.45, 7) is 1.79. The Morgan fingerprint density at radius 2 is 1.77 bits per heavy atom. The second-order valence-electron chi connectivity index (χ2n) is 4.52. The highest BCUT2D eigenvalue weighted by Crippen LogP contribution is 2.32. The first kappa shape index (κ1) is 22.6. The normalized spacial score (nSPS) is 10.2. The lowest BCUT2D eigenvalue weighted by Gasteiger charge is -2.12. The Kier molecular flexibility index (Phi) is 11.3. The molecule has 0 aromatic heterocycles. The van der Waals surface area contributed by atoms with Gasteiger partial charge in [0.15, 0.2) is 11.5 Å². The van der Waals surface area contributed by atoms with Gasteiger partial charge < -0.3 is 18.9 Å². The number of ether oxygens (including phenoxy) is 4. The zero-order valence-corrected chi connectivity index (χ0v) is 14.9. The van der Waals surface area contributed by atoms with E-state index >= 15 is 0 Å².